The van der Waals surface area contributed by atoms with Gasteiger partial charge in [0.1, 0.15) is 29.5 Å². The lowest BCUT2D eigenvalue weighted by Crippen LogP contribution is -2.19. The Bertz CT molecular complexity index is 1110. The van der Waals surface area contributed by atoms with Crippen molar-refractivity contribution in [1.29, 1.82) is 0 Å². The van der Waals surface area contributed by atoms with Gasteiger partial charge in [-0.25, -0.2) is 9.97 Å². The zero-order valence-electron chi connectivity index (χ0n) is 18.0. The number of benzene rings is 2. The summed E-state index contributed by atoms with van der Waals surface area (Å²) in [7, 11) is 1.70. The van der Waals surface area contributed by atoms with E-state index in [0.717, 1.165) is 4.90 Å². The molecule has 0 aliphatic rings. The van der Waals surface area contributed by atoms with Gasteiger partial charge in [-0.2, -0.15) is 26.3 Å². The molecule has 7 nitrogen and oxygen atoms in total. The Morgan fingerprint density at radius 1 is 0.800 bits per heavy atom. The Kier molecular flexibility index (Phi) is 8.51. The fourth-order valence-corrected chi connectivity index (χ4v) is 3.20. The number of ether oxygens (including phenoxy) is 2. The summed E-state index contributed by atoms with van der Waals surface area (Å²) in [5.74, 6) is 0.607. The molecule has 0 aliphatic heterocycles. The molecule has 0 atom stereocenters. The molecule has 0 radical (unpaired) electrons. The van der Waals surface area contributed by atoms with Crippen LogP contribution in [0, 0.1) is 0 Å². The largest absolute Gasteiger partial charge is 0.484 e. The lowest BCUT2D eigenvalue weighted by atomic mass is 10.3. The van der Waals surface area contributed by atoms with Gasteiger partial charge in [0.05, 0.1) is 5.69 Å². The highest BCUT2D eigenvalue weighted by molar-refractivity contribution is 7.97. The number of nitrogens with one attached hydrogen (secondary N) is 3. The minimum absolute atomic E-state index is 0.0228. The summed E-state index contributed by atoms with van der Waals surface area (Å²) >= 11 is 1.26. The molecule has 0 spiro atoms. The first-order valence-electron chi connectivity index (χ1n) is 9.84. The molecule has 0 unspecified atom stereocenters. The number of nitrogens with zero attached hydrogens (tertiary/aromatic N) is 2. The number of rotatable bonds is 10. The van der Waals surface area contributed by atoms with E-state index in [1.54, 1.807) is 19.2 Å². The molecular weight excluding hydrogens is 500 g/mol. The molecule has 0 bridgehead atoms. The Morgan fingerprint density at radius 3 is 2.06 bits per heavy atom. The summed E-state index contributed by atoms with van der Waals surface area (Å²) in [5, 5.41) is 5.88. The Balaban J connectivity index is 1.72. The summed E-state index contributed by atoms with van der Waals surface area (Å²) in [5.41, 5.74) is 0.765. The first-order chi connectivity index (χ1) is 16.5. The predicted octanol–water partition coefficient (Wildman–Crippen LogP) is 6.07. The maximum absolute atomic E-state index is 12.6. The molecule has 2 aromatic carbocycles. The van der Waals surface area contributed by atoms with Crippen molar-refractivity contribution in [3.05, 3.63) is 54.9 Å². The average Bonchev–Trinajstić information content (AvgIpc) is 2.77. The van der Waals surface area contributed by atoms with E-state index in [4.69, 9.17) is 4.74 Å². The molecule has 14 heteroatoms. The molecule has 1 aromatic heterocycles. The molecule has 0 aliphatic carbocycles. The van der Waals surface area contributed by atoms with Gasteiger partial charge < -0.3 is 20.1 Å². The fourth-order valence-electron chi connectivity index (χ4n) is 2.65. The van der Waals surface area contributed by atoms with Crippen LogP contribution in [-0.4, -0.2) is 42.6 Å². The van der Waals surface area contributed by atoms with Gasteiger partial charge >= 0.3 is 12.4 Å². The number of aromatic nitrogens is 2. The summed E-state index contributed by atoms with van der Waals surface area (Å²) in [6, 6.07) is 11.9. The van der Waals surface area contributed by atoms with Crippen LogP contribution in [0.1, 0.15) is 0 Å². The Labute approximate surface area is 200 Å². The van der Waals surface area contributed by atoms with Crippen molar-refractivity contribution in [2.24, 2.45) is 0 Å². The smallest absolute Gasteiger partial charge is 0.422 e. The molecule has 188 valence electrons. The van der Waals surface area contributed by atoms with Crippen LogP contribution in [0.3, 0.4) is 0 Å². The van der Waals surface area contributed by atoms with E-state index >= 15 is 0 Å². The second-order valence-corrected chi connectivity index (χ2v) is 7.92. The van der Waals surface area contributed by atoms with Crippen molar-refractivity contribution in [2.45, 2.75) is 17.2 Å². The van der Waals surface area contributed by atoms with Crippen LogP contribution in [0.15, 0.2) is 59.8 Å². The van der Waals surface area contributed by atoms with Gasteiger partial charge in [-0.05, 0) is 61.5 Å². The van der Waals surface area contributed by atoms with Gasteiger partial charge in [0.2, 0.25) is 0 Å². The normalized spacial score (nSPS) is 11.7. The number of hydrogen-bond acceptors (Lipinski definition) is 8. The van der Waals surface area contributed by atoms with Crippen molar-refractivity contribution < 1.29 is 35.8 Å². The highest BCUT2D eigenvalue weighted by atomic mass is 32.2. The Hall–Kier alpha value is -3.39. The average molecular weight is 519 g/mol. The first kappa shape index (κ1) is 26.2. The maximum atomic E-state index is 12.6. The molecule has 3 N–H and O–H groups in total. The third kappa shape index (κ3) is 9.05. The van der Waals surface area contributed by atoms with Crippen LogP contribution in [0.25, 0.3) is 0 Å². The highest BCUT2D eigenvalue weighted by Gasteiger charge is 2.29. The predicted molar refractivity (Wildman–Crippen MR) is 119 cm³/mol. The molecule has 1 heterocycles. The zero-order valence-corrected chi connectivity index (χ0v) is 18.8. The summed E-state index contributed by atoms with van der Waals surface area (Å²) < 4.78 is 87.2. The second kappa shape index (κ2) is 11.4. The summed E-state index contributed by atoms with van der Waals surface area (Å²) in [6.07, 6.45) is -7.72. The highest BCUT2D eigenvalue weighted by Crippen LogP contribution is 2.33. The van der Waals surface area contributed by atoms with E-state index in [0.29, 0.717) is 11.5 Å². The molecule has 3 rings (SSSR count). The van der Waals surface area contributed by atoms with E-state index in [1.807, 2.05) is 0 Å². The topological polar surface area (TPSA) is 80.3 Å². The molecule has 35 heavy (non-hydrogen) atoms. The standard InChI is InChI=1S/C21H19F6N5O2S/c1-28-35-15-6-7-17(34-11-21(25,26)27)16(8-15)32-19-9-18(29-12-30-19)31-13-2-4-14(5-3-13)33-10-20(22,23)24/h2-9,12,28H,10-11H2,1H3,(H2,29,30,31,32). The maximum Gasteiger partial charge on any atom is 0.422 e. The van der Waals surface area contributed by atoms with Crippen molar-refractivity contribution in [3.63, 3.8) is 0 Å². The molecule has 3 aromatic rings. The van der Waals surface area contributed by atoms with Gasteiger partial charge in [-0.3, -0.25) is 4.72 Å². The van der Waals surface area contributed by atoms with Crippen molar-refractivity contribution in [2.75, 3.05) is 30.9 Å². The quantitative estimate of drug-likeness (QED) is 0.220. The third-order valence-electron chi connectivity index (χ3n) is 4.02. The second-order valence-electron chi connectivity index (χ2n) is 6.83. The van der Waals surface area contributed by atoms with Crippen LogP contribution in [0.4, 0.5) is 49.4 Å². The van der Waals surface area contributed by atoms with E-state index in [2.05, 4.69) is 30.1 Å². The fraction of sp³-hybridized carbons (Fsp3) is 0.238. The molecule has 0 fully saturated rings. The number of anilines is 4. The number of halogens is 6. The SMILES string of the molecule is CNSc1ccc(OCC(F)(F)F)c(Nc2cc(Nc3ccc(OCC(F)(F)F)cc3)ncn2)c1. The third-order valence-corrected chi connectivity index (χ3v) is 4.72. The zero-order chi connectivity index (χ0) is 25.5. The van der Waals surface area contributed by atoms with Crippen LogP contribution in [0.5, 0.6) is 11.5 Å². The lowest BCUT2D eigenvalue weighted by molar-refractivity contribution is -0.154. The lowest BCUT2D eigenvalue weighted by Gasteiger charge is -2.16. The molecule has 0 amide bonds. The summed E-state index contributed by atoms with van der Waals surface area (Å²) in [6.45, 7) is -2.86. The van der Waals surface area contributed by atoms with Crippen molar-refractivity contribution >= 4 is 35.0 Å². The van der Waals surface area contributed by atoms with Crippen LogP contribution < -0.4 is 24.8 Å². The van der Waals surface area contributed by atoms with Crippen LogP contribution in [0.2, 0.25) is 0 Å². The Morgan fingerprint density at radius 2 is 1.43 bits per heavy atom. The van der Waals surface area contributed by atoms with Gasteiger partial charge in [-0.15, -0.1) is 0 Å². The van der Waals surface area contributed by atoms with E-state index in [9.17, 15) is 26.3 Å². The van der Waals surface area contributed by atoms with Crippen LogP contribution in [-0.2, 0) is 0 Å². The molecule has 0 saturated heterocycles. The van der Waals surface area contributed by atoms with E-state index in [1.165, 1.54) is 54.7 Å². The first-order valence-corrected chi connectivity index (χ1v) is 10.7. The number of alkyl halides is 6. The van der Waals surface area contributed by atoms with Crippen LogP contribution >= 0.6 is 11.9 Å². The van der Waals surface area contributed by atoms with Crippen molar-refractivity contribution in [1.82, 2.24) is 14.7 Å². The monoisotopic (exact) mass is 519 g/mol. The molecular formula is C21H19F6N5O2S. The van der Waals surface area contributed by atoms with Gasteiger partial charge in [0.15, 0.2) is 13.2 Å². The van der Waals surface area contributed by atoms with Gasteiger partial charge in [-0.1, -0.05) is 0 Å². The van der Waals surface area contributed by atoms with Crippen molar-refractivity contribution in [3.8, 4) is 11.5 Å². The molecule has 0 saturated carbocycles. The van der Waals surface area contributed by atoms with Gasteiger partial charge in [0, 0.05) is 16.6 Å². The number of hydrogen-bond donors (Lipinski definition) is 3. The van der Waals surface area contributed by atoms with E-state index < -0.39 is 25.6 Å². The summed E-state index contributed by atoms with van der Waals surface area (Å²) in [4.78, 5) is 8.86. The van der Waals surface area contributed by atoms with E-state index in [-0.39, 0.29) is 23.0 Å². The minimum atomic E-state index is -4.50. The van der Waals surface area contributed by atoms with Gasteiger partial charge in [0.25, 0.3) is 0 Å². The minimum Gasteiger partial charge on any atom is -0.484 e.